The zero-order valence-corrected chi connectivity index (χ0v) is 12.1. The van der Waals surface area contributed by atoms with Gasteiger partial charge in [0.2, 0.25) is 11.9 Å². The number of aromatic amines is 1. The van der Waals surface area contributed by atoms with Crippen LogP contribution in [0.2, 0.25) is 0 Å². The Morgan fingerprint density at radius 3 is 2.90 bits per heavy atom. The van der Waals surface area contributed by atoms with Gasteiger partial charge in [-0.2, -0.15) is 0 Å². The van der Waals surface area contributed by atoms with Crippen molar-refractivity contribution >= 4 is 22.9 Å². The number of rotatable bonds is 2. The Hall–Kier alpha value is -1.84. The van der Waals surface area contributed by atoms with E-state index in [0.717, 1.165) is 30.3 Å². The minimum Gasteiger partial charge on any atom is -0.324 e. The van der Waals surface area contributed by atoms with Gasteiger partial charge in [0.1, 0.15) is 0 Å². The standard InChI is InChI=1S/C16H21N3O/c1-16(2)10-6-5-7-11(16)14(20)19-15-17-12-8-3-4-9-13(12)18-15/h3-4,8-9,11H,5-7,10H2,1-2H3,(H2,17,18,19,20). The summed E-state index contributed by atoms with van der Waals surface area (Å²) in [5, 5.41) is 2.95. The van der Waals surface area contributed by atoms with E-state index in [1.807, 2.05) is 24.3 Å². The van der Waals surface area contributed by atoms with Gasteiger partial charge in [-0.3, -0.25) is 10.1 Å². The highest BCUT2D eigenvalue weighted by Gasteiger charge is 2.37. The van der Waals surface area contributed by atoms with E-state index in [0.29, 0.717) is 5.95 Å². The number of aromatic nitrogens is 2. The number of hydrogen-bond donors (Lipinski definition) is 2. The van der Waals surface area contributed by atoms with E-state index >= 15 is 0 Å². The molecule has 1 unspecified atom stereocenters. The first-order valence-corrected chi connectivity index (χ1v) is 7.32. The molecule has 1 amide bonds. The fraction of sp³-hybridized carbons (Fsp3) is 0.500. The van der Waals surface area contributed by atoms with Gasteiger partial charge in [0.25, 0.3) is 0 Å². The average Bonchev–Trinajstić information content (AvgIpc) is 2.80. The van der Waals surface area contributed by atoms with Crippen molar-refractivity contribution in [1.82, 2.24) is 9.97 Å². The summed E-state index contributed by atoms with van der Waals surface area (Å²) >= 11 is 0. The number of anilines is 1. The molecule has 106 valence electrons. The Bertz CT molecular complexity index is 596. The van der Waals surface area contributed by atoms with Gasteiger partial charge >= 0.3 is 0 Å². The molecule has 1 aliphatic rings. The summed E-state index contributed by atoms with van der Waals surface area (Å²) in [5.74, 6) is 0.718. The van der Waals surface area contributed by atoms with Crippen molar-refractivity contribution in [2.45, 2.75) is 39.5 Å². The van der Waals surface area contributed by atoms with Crippen LogP contribution in [0.5, 0.6) is 0 Å². The molecule has 1 aromatic carbocycles. The summed E-state index contributed by atoms with van der Waals surface area (Å²) < 4.78 is 0. The molecule has 2 aromatic rings. The zero-order valence-electron chi connectivity index (χ0n) is 12.1. The monoisotopic (exact) mass is 271 g/mol. The average molecular weight is 271 g/mol. The predicted octanol–water partition coefficient (Wildman–Crippen LogP) is 3.72. The van der Waals surface area contributed by atoms with Gasteiger partial charge < -0.3 is 4.98 Å². The number of nitrogens with one attached hydrogen (secondary N) is 2. The summed E-state index contributed by atoms with van der Waals surface area (Å²) in [5.41, 5.74) is 1.91. The number of benzene rings is 1. The molecule has 0 bridgehead atoms. The van der Waals surface area contributed by atoms with E-state index in [2.05, 4.69) is 29.1 Å². The molecule has 1 fully saturated rings. The molecular formula is C16H21N3O. The van der Waals surface area contributed by atoms with Crippen molar-refractivity contribution in [1.29, 1.82) is 0 Å². The lowest BCUT2D eigenvalue weighted by Gasteiger charge is -2.37. The maximum atomic E-state index is 12.5. The van der Waals surface area contributed by atoms with Crippen molar-refractivity contribution in [2.24, 2.45) is 11.3 Å². The van der Waals surface area contributed by atoms with E-state index in [4.69, 9.17) is 0 Å². The highest BCUT2D eigenvalue weighted by atomic mass is 16.2. The molecule has 20 heavy (non-hydrogen) atoms. The maximum absolute atomic E-state index is 12.5. The molecule has 2 N–H and O–H groups in total. The van der Waals surface area contributed by atoms with Gasteiger partial charge in [-0.05, 0) is 30.4 Å². The molecule has 3 rings (SSSR count). The third-order valence-corrected chi connectivity index (χ3v) is 4.45. The quantitative estimate of drug-likeness (QED) is 0.874. The molecular weight excluding hydrogens is 250 g/mol. The van der Waals surface area contributed by atoms with Crippen molar-refractivity contribution < 1.29 is 4.79 Å². The van der Waals surface area contributed by atoms with Crippen LogP contribution in [-0.4, -0.2) is 15.9 Å². The first kappa shape index (κ1) is 13.2. The zero-order chi connectivity index (χ0) is 14.2. The van der Waals surface area contributed by atoms with Crippen LogP contribution in [0.3, 0.4) is 0 Å². The Kier molecular flexibility index (Phi) is 3.24. The Labute approximate surface area is 119 Å². The third kappa shape index (κ3) is 2.42. The summed E-state index contributed by atoms with van der Waals surface area (Å²) in [6, 6.07) is 7.80. The molecule has 0 aliphatic heterocycles. The summed E-state index contributed by atoms with van der Waals surface area (Å²) in [6.07, 6.45) is 4.45. The first-order chi connectivity index (χ1) is 9.56. The topological polar surface area (TPSA) is 57.8 Å². The van der Waals surface area contributed by atoms with Gasteiger partial charge in [-0.15, -0.1) is 0 Å². The minimum atomic E-state index is 0.0736. The van der Waals surface area contributed by atoms with Gasteiger partial charge in [-0.1, -0.05) is 38.8 Å². The van der Waals surface area contributed by atoms with Crippen LogP contribution >= 0.6 is 0 Å². The van der Waals surface area contributed by atoms with Crippen LogP contribution in [-0.2, 0) is 4.79 Å². The SMILES string of the molecule is CC1(C)CCCCC1C(=O)Nc1nc2ccccc2[nH]1. The summed E-state index contributed by atoms with van der Waals surface area (Å²) in [4.78, 5) is 20.0. The molecule has 0 saturated heterocycles. The second kappa shape index (κ2) is 4.93. The van der Waals surface area contributed by atoms with E-state index in [1.54, 1.807) is 0 Å². The largest absolute Gasteiger partial charge is 0.324 e. The van der Waals surface area contributed by atoms with E-state index in [9.17, 15) is 4.79 Å². The normalized spacial score (nSPS) is 21.8. The molecule has 1 atom stereocenters. The lowest BCUT2D eigenvalue weighted by molar-refractivity contribution is -0.124. The maximum Gasteiger partial charge on any atom is 0.230 e. The number of nitrogens with zero attached hydrogens (tertiary/aromatic N) is 1. The highest BCUT2D eigenvalue weighted by molar-refractivity contribution is 5.93. The fourth-order valence-corrected chi connectivity index (χ4v) is 3.20. The number of imidazole rings is 1. The summed E-state index contributed by atoms with van der Waals surface area (Å²) in [7, 11) is 0. The van der Waals surface area contributed by atoms with Crippen molar-refractivity contribution in [3.8, 4) is 0 Å². The van der Waals surface area contributed by atoms with Gasteiger partial charge in [0, 0.05) is 5.92 Å². The molecule has 0 spiro atoms. The molecule has 1 saturated carbocycles. The van der Waals surface area contributed by atoms with Gasteiger partial charge in [0.05, 0.1) is 11.0 Å². The molecule has 4 nitrogen and oxygen atoms in total. The van der Waals surface area contributed by atoms with Crippen molar-refractivity contribution in [3.63, 3.8) is 0 Å². The van der Waals surface area contributed by atoms with Crippen LogP contribution in [0.25, 0.3) is 11.0 Å². The van der Waals surface area contributed by atoms with Crippen LogP contribution in [0.15, 0.2) is 24.3 Å². The van der Waals surface area contributed by atoms with E-state index in [-0.39, 0.29) is 17.2 Å². The number of para-hydroxylation sites is 2. The van der Waals surface area contributed by atoms with E-state index in [1.165, 1.54) is 6.42 Å². The van der Waals surface area contributed by atoms with Crippen LogP contribution < -0.4 is 5.32 Å². The second-order valence-corrected chi connectivity index (χ2v) is 6.38. The summed E-state index contributed by atoms with van der Waals surface area (Å²) in [6.45, 7) is 4.38. The number of fused-ring (bicyclic) bond motifs is 1. The third-order valence-electron chi connectivity index (χ3n) is 4.45. The van der Waals surface area contributed by atoms with Gasteiger partial charge in [0.15, 0.2) is 0 Å². The molecule has 1 aliphatic carbocycles. The number of H-pyrrole nitrogens is 1. The predicted molar refractivity (Wildman–Crippen MR) is 80.5 cm³/mol. The lowest BCUT2D eigenvalue weighted by Crippen LogP contribution is -2.37. The van der Waals surface area contributed by atoms with Crippen LogP contribution in [0.4, 0.5) is 5.95 Å². The van der Waals surface area contributed by atoms with Gasteiger partial charge in [-0.25, -0.2) is 4.98 Å². The number of carbonyl (C=O) groups excluding carboxylic acids is 1. The Morgan fingerprint density at radius 2 is 2.15 bits per heavy atom. The van der Waals surface area contributed by atoms with Crippen molar-refractivity contribution in [3.05, 3.63) is 24.3 Å². The smallest absolute Gasteiger partial charge is 0.230 e. The second-order valence-electron chi connectivity index (χ2n) is 6.38. The Balaban J connectivity index is 1.78. The number of hydrogen-bond acceptors (Lipinski definition) is 2. The lowest BCUT2D eigenvalue weighted by atomic mass is 9.68. The fourth-order valence-electron chi connectivity index (χ4n) is 3.20. The minimum absolute atomic E-state index is 0.0736. The van der Waals surface area contributed by atoms with E-state index < -0.39 is 0 Å². The van der Waals surface area contributed by atoms with Crippen LogP contribution in [0, 0.1) is 11.3 Å². The Morgan fingerprint density at radius 1 is 1.35 bits per heavy atom. The number of amides is 1. The first-order valence-electron chi connectivity index (χ1n) is 7.32. The molecule has 1 aromatic heterocycles. The highest BCUT2D eigenvalue weighted by Crippen LogP contribution is 2.40. The van der Waals surface area contributed by atoms with Crippen LogP contribution in [0.1, 0.15) is 39.5 Å². The molecule has 1 heterocycles. The molecule has 4 heteroatoms. The molecule has 0 radical (unpaired) electrons. The number of carbonyl (C=O) groups is 1. The van der Waals surface area contributed by atoms with Crippen molar-refractivity contribution in [2.75, 3.05) is 5.32 Å².